The summed E-state index contributed by atoms with van der Waals surface area (Å²) < 4.78 is 13.0. The predicted octanol–water partition coefficient (Wildman–Crippen LogP) is 2.61. The van der Waals surface area contributed by atoms with E-state index in [9.17, 15) is 10.2 Å². The van der Waals surface area contributed by atoms with Crippen LogP contribution >= 0.6 is 0 Å². The normalized spacial score (nSPS) is 45.7. The summed E-state index contributed by atoms with van der Waals surface area (Å²) in [5, 5.41) is 21.9. The maximum Gasteiger partial charge on any atom is 0.165 e. The van der Waals surface area contributed by atoms with Crippen molar-refractivity contribution in [2.75, 3.05) is 20.7 Å². The lowest BCUT2D eigenvalue weighted by atomic mass is 9.34. The molecule has 0 aromatic heterocycles. The molecule has 152 valence electrons. The number of phenols is 1. The number of methoxy groups -OCH3 is 1. The van der Waals surface area contributed by atoms with Crippen molar-refractivity contribution in [2.45, 2.75) is 74.7 Å². The quantitative estimate of drug-likeness (QED) is 0.819. The van der Waals surface area contributed by atoms with Gasteiger partial charge >= 0.3 is 0 Å². The van der Waals surface area contributed by atoms with Crippen molar-refractivity contribution in [3.8, 4) is 11.5 Å². The first-order valence-corrected chi connectivity index (χ1v) is 10.7. The van der Waals surface area contributed by atoms with Gasteiger partial charge in [0.05, 0.1) is 5.60 Å². The molecule has 4 aliphatic carbocycles. The van der Waals surface area contributed by atoms with Crippen LogP contribution in [0.2, 0.25) is 0 Å². The molecule has 3 saturated carbocycles. The molecule has 2 spiro atoms. The highest BCUT2D eigenvalue weighted by Gasteiger charge is 2.81. The van der Waals surface area contributed by atoms with E-state index in [1.165, 1.54) is 11.1 Å². The Hall–Kier alpha value is -1.30. The molecule has 5 nitrogen and oxygen atoms in total. The van der Waals surface area contributed by atoms with Gasteiger partial charge in [-0.05, 0) is 71.2 Å². The van der Waals surface area contributed by atoms with Crippen LogP contribution in [0.3, 0.4) is 0 Å². The molecule has 7 rings (SSSR count). The van der Waals surface area contributed by atoms with Crippen LogP contribution in [0.5, 0.6) is 11.5 Å². The lowest BCUT2D eigenvalue weighted by Gasteiger charge is -2.74. The van der Waals surface area contributed by atoms with E-state index in [4.69, 9.17) is 9.47 Å². The molecule has 1 aromatic rings. The average Bonchev–Trinajstić information content (AvgIpc) is 3.03. The van der Waals surface area contributed by atoms with E-state index >= 15 is 0 Å². The molecule has 4 fully saturated rings. The number of likely N-dealkylation sites (N-methyl/N-ethyl adjacent to an activating group) is 1. The molecule has 28 heavy (non-hydrogen) atoms. The van der Waals surface area contributed by atoms with Gasteiger partial charge < -0.3 is 24.6 Å². The Labute approximate surface area is 166 Å². The summed E-state index contributed by atoms with van der Waals surface area (Å²) in [6.07, 6.45) is 4.82. The second kappa shape index (κ2) is 4.88. The zero-order chi connectivity index (χ0) is 19.7. The molecule has 2 N–H and O–H groups in total. The largest absolute Gasteiger partial charge is 0.504 e. The minimum atomic E-state index is -0.849. The van der Waals surface area contributed by atoms with Gasteiger partial charge in [0.25, 0.3) is 0 Å². The van der Waals surface area contributed by atoms with Crippen LogP contribution in [0.4, 0.5) is 0 Å². The third kappa shape index (κ3) is 1.58. The summed E-state index contributed by atoms with van der Waals surface area (Å²) in [7, 11) is 4.05. The molecule has 6 aliphatic rings. The van der Waals surface area contributed by atoms with Crippen LogP contribution in [-0.2, 0) is 16.6 Å². The minimum absolute atomic E-state index is 0.00359. The SMILES string of the molecule is CO[C@]12CCC3(C[C@@H]1C(C)(C)O)[C@H]1Cc4ccc(O)c5c4[C@]3(CCN1C)[C@@H]2O5. The van der Waals surface area contributed by atoms with Gasteiger partial charge in [-0.15, -0.1) is 0 Å². The zero-order valence-corrected chi connectivity index (χ0v) is 17.3. The smallest absolute Gasteiger partial charge is 0.165 e. The molecule has 1 aromatic carbocycles. The van der Waals surface area contributed by atoms with E-state index < -0.39 is 11.2 Å². The standard InChI is InChI=1S/C23H31NO4/c1-20(2,26)15-12-21-7-8-23(15,27-4)19-22(21)9-10-24(3)16(21)11-13-5-6-14(25)18(28-19)17(13)22/h5-6,15-16,19,25-26H,7-12H2,1-4H3/t15-,16-,19+,21?,22-,23-/m1/s1. The lowest BCUT2D eigenvalue weighted by Crippen LogP contribution is -2.82. The third-order valence-corrected chi connectivity index (χ3v) is 9.48. The number of hydrogen-bond acceptors (Lipinski definition) is 5. The molecule has 1 unspecified atom stereocenters. The highest BCUT2D eigenvalue weighted by Crippen LogP contribution is 2.77. The van der Waals surface area contributed by atoms with E-state index in [0.29, 0.717) is 11.8 Å². The molecule has 2 heterocycles. The van der Waals surface area contributed by atoms with Crippen LogP contribution in [0, 0.1) is 11.3 Å². The highest BCUT2D eigenvalue weighted by atomic mass is 16.6. The summed E-state index contributed by atoms with van der Waals surface area (Å²) in [4.78, 5) is 2.54. The number of benzene rings is 1. The van der Waals surface area contributed by atoms with Gasteiger partial charge in [0.1, 0.15) is 11.7 Å². The Kier molecular flexibility index (Phi) is 3.06. The third-order valence-electron chi connectivity index (χ3n) is 9.48. The van der Waals surface area contributed by atoms with E-state index in [1.54, 1.807) is 13.2 Å². The first-order chi connectivity index (χ1) is 13.2. The maximum absolute atomic E-state index is 11.2. The monoisotopic (exact) mass is 385 g/mol. The van der Waals surface area contributed by atoms with Gasteiger partial charge in [0.2, 0.25) is 0 Å². The number of likely N-dealkylation sites (tertiary alicyclic amines) is 1. The van der Waals surface area contributed by atoms with E-state index in [-0.39, 0.29) is 28.6 Å². The Morgan fingerprint density at radius 3 is 2.75 bits per heavy atom. The summed E-state index contributed by atoms with van der Waals surface area (Å²) in [5.74, 6) is 0.944. The summed E-state index contributed by atoms with van der Waals surface area (Å²) >= 11 is 0. The first-order valence-electron chi connectivity index (χ1n) is 10.7. The molecule has 6 atom stereocenters. The van der Waals surface area contributed by atoms with Gasteiger partial charge in [-0.2, -0.15) is 0 Å². The highest BCUT2D eigenvalue weighted by molar-refractivity contribution is 5.63. The van der Waals surface area contributed by atoms with Gasteiger partial charge in [0.15, 0.2) is 11.5 Å². The summed E-state index contributed by atoms with van der Waals surface area (Å²) in [5.41, 5.74) is 1.15. The number of nitrogens with zero attached hydrogens (tertiary/aromatic N) is 1. The molecule has 0 radical (unpaired) electrons. The lowest BCUT2D eigenvalue weighted by molar-refractivity contribution is -0.298. The minimum Gasteiger partial charge on any atom is -0.504 e. The van der Waals surface area contributed by atoms with Crippen LogP contribution < -0.4 is 4.74 Å². The van der Waals surface area contributed by atoms with Crippen molar-refractivity contribution < 1.29 is 19.7 Å². The van der Waals surface area contributed by atoms with Crippen molar-refractivity contribution in [1.82, 2.24) is 4.90 Å². The summed E-state index contributed by atoms with van der Waals surface area (Å²) in [6, 6.07) is 4.34. The van der Waals surface area contributed by atoms with Crippen molar-refractivity contribution in [1.29, 1.82) is 0 Å². The number of ether oxygens (including phenoxy) is 2. The Balaban J connectivity index is 1.69. The van der Waals surface area contributed by atoms with Gasteiger partial charge in [-0.1, -0.05) is 6.07 Å². The van der Waals surface area contributed by atoms with Crippen LogP contribution in [0.1, 0.15) is 50.7 Å². The fraction of sp³-hybridized carbons (Fsp3) is 0.739. The molecule has 1 saturated heterocycles. The van der Waals surface area contributed by atoms with Gasteiger partial charge in [-0.3, -0.25) is 0 Å². The number of rotatable bonds is 2. The van der Waals surface area contributed by atoms with Crippen LogP contribution in [0.15, 0.2) is 12.1 Å². The second-order valence-electron chi connectivity index (χ2n) is 10.6. The van der Waals surface area contributed by atoms with E-state index in [2.05, 4.69) is 18.0 Å². The van der Waals surface area contributed by atoms with E-state index in [1.807, 2.05) is 13.8 Å². The van der Waals surface area contributed by atoms with Gasteiger partial charge in [0, 0.05) is 35.5 Å². The fourth-order valence-corrected chi connectivity index (χ4v) is 8.51. The van der Waals surface area contributed by atoms with Crippen molar-refractivity contribution in [3.05, 3.63) is 23.3 Å². The van der Waals surface area contributed by atoms with E-state index in [0.717, 1.165) is 38.6 Å². The van der Waals surface area contributed by atoms with Crippen LogP contribution in [-0.4, -0.2) is 59.2 Å². The number of piperidine rings is 1. The zero-order valence-electron chi connectivity index (χ0n) is 17.3. The van der Waals surface area contributed by atoms with Crippen molar-refractivity contribution in [2.24, 2.45) is 11.3 Å². The van der Waals surface area contributed by atoms with Crippen LogP contribution in [0.25, 0.3) is 0 Å². The number of fused-ring (bicyclic) bond motifs is 2. The van der Waals surface area contributed by atoms with Crippen molar-refractivity contribution >= 4 is 0 Å². The number of aliphatic hydroxyl groups is 1. The van der Waals surface area contributed by atoms with Crippen molar-refractivity contribution in [3.63, 3.8) is 0 Å². The number of hydrogen-bond donors (Lipinski definition) is 2. The maximum atomic E-state index is 11.2. The van der Waals surface area contributed by atoms with Gasteiger partial charge in [-0.25, -0.2) is 0 Å². The number of phenolic OH excluding ortho intramolecular Hbond substituents is 1. The Morgan fingerprint density at radius 2 is 2.04 bits per heavy atom. The molecule has 5 heteroatoms. The first kappa shape index (κ1) is 17.5. The topological polar surface area (TPSA) is 62.2 Å². The predicted molar refractivity (Wildman–Crippen MR) is 105 cm³/mol. The second-order valence-corrected chi connectivity index (χ2v) is 10.6. The fourth-order valence-electron chi connectivity index (χ4n) is 8.51. The molecule has 2 aliphatic heterocycles. The molecule has 4 bridgehead atoms. The molecular formula is C23H31NO4. The number of aromatic hydroxyl groups is 1. The Morgan fingerprint density at radius 1 is 1.25 bits per heavy atom. The molecular weight excluding hydrogens is 354 g/mol. The average molecular weight is 386 g/mol. The summed E-state index contributed by atoms with van der Waals surface area (Å²) in [6.45, 7) is 4.89. The Bertz CT molecular complexity index is 878. The molecule has 0 amide bonds.